The van der Waals surface area contributed by atoms with Crippen molar-refractivity contribution in [1.82, 2.24) is 0 Å². The van der Waals surface area contributed by atoms with Crippen molar-refractivity contribution in [2.24, 2.45) is 0 Å². The molecule has 0 amide bonds. The number of unbranched alkanes of at least 4 members (excludes halogenated alkanes) is 53. The summed E-state index contributed by atoms with van der Waals surface area (Å²) in [4.78, 5) is 37.6. The predicted octanol–water partition coefficient (Wildman–Crippen LogP) is 23.4. The third kappa shape index (κ3) is 72.8. The van der Waals surface area contributed by atoms with Gasteiger partial charge in [0.2, 0.25) is 0 Å². The molecule has 0 spiro atoms. The Bertz CT molecular complexity index is 1550. The average Bonchev–Trinajstić information content (AvgIpc) is 3.64. The molecule has 0 fully saturated rings. The van der Waals surface area contributed by atoms with E-state index in [4.69, 9.17) is 18.9 Å². The first-order chi connectivity index (χ1) is 43.6. The molecule has 9 nitrogen and oxygen atoms in total. The van der Waals surface area contributed by atoms with E-state index < -0.39 is 24.3 Å². The molecule has 0 aliphatic rings. The van der Waals surface area contributed by atoms with Crippen LogP contribution in [-0.2, 0) is 33.3 Å². The molecule has 89 heavy (non-hydrogen) atoms. The number of carbonyl (C=O) groups excluding carboxylic acids is 3. The van der Waals surface area contributed by atoms with Crippen LogP contribution in [0.5, 0.6) is 0 Å². The highest BCUT2D eigenvalue weighted by molar-refractivity contribution is 5.70. The molecule has 0 aliphatic heterocycles. The van der Waals surface area contributed by atoms with Gasteiger partial charge in [-0.25, -0.2) is 0 Å². The number of likely N-dealkylation sites (N-methyl/N-ethyl adjacent to an activating group) is 1. The molecule has 0 saturated heterocycles. The fourth-order valence-electron chi connectivity index (χ4n) is 11.9. The second-order valence-electron chi connectivity index (χ2n) is 28.0. The topological polar surface area (TPSA) is 111 Å². The van der Waals surface area contributed by atoms with Crippen molar-refractivity contribution in [3.05, 3.63) is 36.5 Å². The van der Waals surface area contributed by atoms with E-state index in [0.717, 1.165) is 51.4 Å². The maximum atomic E-state index is 13.0. The van der Waals surface area contributed by atoms with Crippen molar-refractivity contribution in [2.75, 3.05) is 47.5 Å². The van der Waals surface area contributed by atoms with Gasteiger partial charge in [-0.05, 0) is 51.4 Å². The van der Waals surface area contributed by atoms with Gasteiger partial charge in [0.1, 0.15) is 13.2 Å². The van der Waals surface area contributed by atoms with Gasteiger partial charge in [-0.1, -0.05) is 371 Å². The number of esters is 2. The third-order valence-electron chi connectivity index (χ3n) is 17.9. The molecule has 0 aliphatic carbocycles. The largest absolute Gasteiger partial charge is 0.545 e. The van der Waals surface area contributed by atoms with Crippen molar-refractivity contribution in [2.45, 2.75) is 411 Å². The minimum absolute atomic E-state index is 0.151. The Kier molecular flexibility index (Phi) is 69.4. The number of nitrogens with zero attached hydrogens (tertiary/aromatic N) is 1. The van der Waals surface area contributed by atoms with Gasteiger partial charge in [0.05, 0.1) is 40.3 Å². The Morgan fingerprint density at radius 3 is 0.899 bits per heavy atom. The second-order valence-corrected chi connectivity index (χ2v) is 28.0. The lowest BCUT2D eigenvalue weighted by Crippen LogP contribution is -2.44. The average molecular weight is 1260 g/mol. The Hall–Kier alpha value is -2.49. The maximum absolute atomic E-state index is 13.0. The number of quaternary nitrogens is 1. The van der Waals surface area contributed by atoms with Gasteiger partial charge in [0.15, 0.2) is 12.4 Å². The number of hydrogen-bond donors (Lipinski definition) is 0. The molecule has 0 aromatic carbocycles. The molecule has 9 heteroatoms. The van der Waals surface area contributed by atoms with Gasteiger partial charge in [0, 0.05) is 12.8 Å². The quantitative estimate of drug-likeness (QED) is 0.0195. The van der Waals surface area contributed by atoms with Crippen LogP contribution in [0.2, 0.25) is 0 Å². The van der Waals surface area contributed by atoms with Crippen molar-refractivity contribution >= 4 is 17.9 Å². The van der Waals surface area contributed by atoms with Gasteiger partial charge >= 0.3 is 11.9 Å². The molecule has 0 rings (SSSR count). The molecule has 2 atom stereocenters. The van der Waals surface area contributed by atoms with Crippen LogP contribution in [0.25, 0.3) is 0 Å². The van der Waals surface area contributed by atoms with E-state index >= 15 is 0 Å². The summed E-state index contributed by atoms with van der Waals surface area (Å²) >= 11 is 0. The van der Waals surface area contributed by atoms with Crippen molar-refractivity contribution in [1.29, 1.82) is 0 Å². The fraction of sp³-hybridized carbons (Fsp3) is 0.887. The van der Waals surface area contributed by atoms with Crippen LogP contribution in [0.15, 0.2) is 36.5 Å². The molecular formula is C80H151NO8. The Balaban J connectivity index is 4.00. The zero-order valence-electron chi connectivity index (χ0n) is 60.1. The minimum Gasteiger partial charge on any atom is -0.545 e. The molecule has 0 saturated carbocycles. The standard InChI is InChI=1S/C80H151NO8/c1-6-8-10-12-14-16-18-20-22-24-26-28-30-32-34-36-38-39-41-43-45-47-49-51-53-55-57-59-61-63-65-67-69-71-78(83)89-76(75-88-80(79(84)85)86-73-72-81(3,4)5)74-87-77(82)70-68-66-64-62-60-58-56-54-52-50-48-46-44-42-40-37-35-33-31-29-27-25-23-21-19-17-15-13-11-9-7-2/h18,20,24,26,30,32,76,80H,6-17,19,21-23,25,27-29,31,33-75H2,1-5H3/b20-18-,26-24-,32-30-. The summed E-state index contributed by atoms with van der Waals surface area (Å²) in [5.41, 5.74) is 0. The van der Waals surface area contributed by atoms with Crippen LogP contribution < -0.4 is 5.11 Å². The number of carboxylic acids is 1. The number of aliphatic carboxylic acids is 1. The summed E-state index contributed by atoms with van der Waals surface area (Å²) in [6, 6.07) is 0. The van der Waals surface area contributed by atoms with E-state index in [9.17, 15) is 19.5 Å². The maximum Gasteiger partial charge on any atom is 0.306 e. The SMILES string of the molecule is CCCCCCC/C=C\C/C=C\C/C=C\CCCCCCCCCCCCCCCCCCCCC(=O)OC(COC(=O)CCCCCCCCCCCCCCCCCCCCCCCCCCCCCCCCC)COC(OCC[N+](C)(C)C)C(=O)[O-]. The van der Waals surface area contributed by atoms with Gasteiger partial charge in [-0.2, -0.15) is 0 Å². The number of allylic oxidation sites excluding steroid dienone is 6. The summed E-state index contributed by atoms with van der Waals surface area (Å²) in [5.74, 6) is -2.25. The lowest BCUT2D eigenvalue weighted by molar-refractivity contribution is -0.870. The van der Waals surface area contributed by atoms with E-state index in [1.165, 1.54) is 321 Å². The first-order valence-electron chi connectivity index (χ1n) is 39.1. The molecule has 0 bridgehead atoms. The third-order valence-corrected chi connectivity index (χ3v) is 17.9. The fourth-order valence-corrected chi connectivity index (χ4v) is 11.9. The number of hydrogen-bond acceptors (Lipinski definition) is 8. The van der Waals surface area contributed by atoms with E-state index in [-0.39, 0.29) is 32.2 Å². The van der Waals surface area contributed by atoms with Crippen LogP contribution >= 0.6 is 0 Å². The van der Waals surface area contributed by atoms with E-state index in [2.05, 4.69) is 50.3 Å². The Morgan fingerprint density at radius 2 is 0.607 bits per heavy atom. The molecule has 0 heterocycles. The van der Waals surface area contributed by atoms with Crippen molar-refractivity contribution < 1.29 is 42.9 Å². The first kappa shape index (κ1) is 86.5. The highest BCUT2D eigenvalue weighted by Crippen LogP contribution is 2.20. The number of ether oxygens (including phenoxy) is 4. The summed E-state index contributed by atoms with van der Waals surface area (Å²) < 4.78 is 22.9. The molecule has 524 valence electrons. The van der Waals surface area contributed by atoms with E-state index in [0.29, 0.717) is 17.4 Å². The Morgan fingerprint density at radius 1 is 0.337 bits per heavy atom. The minimum atomic E-state index is -1.62. The summed E-state index contributed by atoms with van der Waals surface area (Å²) in [6.07, 6.45) is 88.3. The molecule has 0 N–H and O–H groups in total. The van der Waals surface area contributed by atoms with Gasteiger partial charge in [-0.3, -0.25) is 9.59 Å². The lowest BCUT2D eigenvalue weighted by atomic mass is 10.0. The second kappa shape index (κ2) is 71.4. The van der Waals surface area contributed by atoms with E-state index in [1.807, 2.05) is 21.1 Å². The van der Waals surface area contributed by atoms with Crippen LogP contribution in [0.3, 0.4) is 0 Å². The number of rotatable bonds is 74. The predicted molar refractivity (Wildman–Crippen MR) is 380 cm³/mol. The Labute approximate surface area is 553 Å². The number of carbonyl (C=O) groups is 3. The van der Waals surface area contributed by atoms with Crippen LogP contribution in [-0.4, -0.2) is 82.3 Å². The first-order valence-corrected chi connectivity index (χ1v) is 39.1. The van der Waals surface area contributed by atoms with Gasteiger partial charge in [-0.15, -0.1) is 0 Å². The summed E-state index contributed by atoms with van der Waals surface area (Å²) in [5, 5.41) is 11.9. The summed E-state index contributed by atoms with van der Waals surface area (Å²) in [7, 11) is 5.95. The summed E-state index contributed by atoms with van der Waals surface area (Å²) in [6.45, 7) is 4.82. The highest BCUT2D eigenvalue weighted by atomic mass is 16.7. The molecule has 0 aromatic rings. The van der Waals surface area contributed by atoms with Crippen LogP contribution in [0.1, 0.15) is 399 Å². The zero-order valence-corrected chi connectivity index (χ0v) is 60.1. The molecule has 2 unspecified atom stereocenters. The number of carboxylic acid groups (broad SMARTS) is 1. The highest BCUT2D eigenvalue weighted by Gasteiger charge is 2.22. The molecule has 0 radical (unpaired) electrons. The smallest absolute Gasteiger partial charge is 0.306 e. The zero-order chi connectivity index (χ0) is 64.7. The normalized spacial score (nSPS) is 12.8. The monoisotopic (exact) mass is 1250 g/mol. The lowest BCUT2D eigenvalue weighted by Gasteiger charge is -2.26. The molecular weight excluding hydrogens is 1100 g/mol. The van der Waals surface area contributed by atoms with E-state index in [1.54, 1.807) is 0 Å². The van der Waals surface area contributed by atoms with Crippen LogP contribution in [0.4, 0.5) is 0 Å². The van der Waals surface area contributed by atoms with Crippen molar-refractivity contribution in [3.8, 4) is 0 Å². The van der Waals surface area contributed by atoms with Crippen LogP contribution in [0, 0.1) is 0 Å². The van der Waals surface area contributed by atoms with Crippen molar-refractivity contribution in [3.63, 3.8) is 0 Å². The van der Waals surface area contributed by atoms with Gasteiger partial charge in [0.25, 0.3) is 0 Å². The molecule has 0 aromatic heterocycles. The van der Waals surface area contributed by atoms with Gasteiger partial charge < -0.3 is 33.3 Å².